The average Bonchev–Trinajstić information content (AvgIpc) is 2.35. The fourth-order valence-corrected chi connectivity index (χ4v) is 1.60. The topological polar surface area (TPSA) is 12.0 Å². The van der Waals surface area contributed by atoms with Gasteiger partial charge in [0.25, 0.3) is 0 Å². The van der Waals surface area contributed by atoms with Crippen LogP contribution in [0.15, 0.2) is 36.6 Å². The quantitative estimate of drug-likeness (QED) is 0.394. The molecule has 0 atom stereocenters. The van der Waals surface area contributed by atoms with E-state index in [4.69, 9.17) is 0 Å². The van der Waals surface area contributed by atoms with Gasteiger partial charge in [0.15, 0.2) is 0 Å². The molecule has 0 saturated heterocycles. The summed E-state index contributed by atoms with van der Waals surface area (Å²) in [5.41, 5.74) is 1.11. The van der Waals surface area contributed by atoms with Crippen LogP contribution in [0, 0.1) is 0 Å². The van der Waals surface area contributed by atoms with Gasteiger partial charge in [0.2, 0.25) is 0 Å². The molecule has 0 saturated carbocycles. The molecule has 0 heterocycles. The molecule has 0 amide bonds. The minimum absolute atomic E-state index is 1.03. The van der Waals surface area contributed by atoms with Crippen molar-refractivity contribution in [1.29, 1.82) is 0 Å². The summed E-state index contributed by atoms with van der Waals surface area (Å²) in [6.07, 6.45) is 18.9. The maximum Gasteiger partial charge on any atom is 0.00341 e. The van der Waals surface area contributed by atoms with E-state index in [2.05, 4.69) is 43.1 Å². The molecule has 0 unspecified atom stereocenters. The van der Waals surface area contributed by atoms with Crippen molar-refractivity contribution in [3.63, 3.8) is 0 Å². The Hall–Kier alpha value is -0.980. The van der Waals surface area contributed by atoms with Crippen molar-refractivity contribution in [2.24, 2.45) is 0 Å². The Balaban J connectivity index is 3.29. The molecule has 0 bridgehead atoms. The average molecular weight is 235 g/mol. The monoisotopic (exact) mass is 235 g/mol. The lowest BCUT2D eigenvalue weighted by Crippen LogP contribution is -2.02. The second-order valence-corrected chi connectivity index (χ2v) is 4.45. The summed E-state index contributed by atoms with van der Waals surface area (Å²) in [5.74, 6) is 0. The maximum atomic E-state index is 3.89. The SMILES string of the molecule is C=C(CC/C=C\C=C\CCCCCCC)NC. The van der Waals surface area contributed by atoms with Gasteiger partial charge in [-0.15, -0.1) is 0 Å². The normalized spacial score (nSPS) is 11.4. The number of unbranched alkanes of at least 4 members (excludes halogenated alkanes) is 5. The lowest BCUT2D eigenvalue weighted by atomic mass is 10.1. The third kappa shape index (κ3) is 13.0. The third-order valence-electron chi connectivity index (χ3n) is 2.82. The number of hydrogen-bond donors (Lipinski definition) is 1. The van der Waals surface area contributed by atoms with Crippen LogP contribution >= 0.6 is 0 Å². The first-order valence-electron chi connectivity index (χ1n) is 6.98. The van der Waals surface area contributed by atoms with E-state index in [1.54, 1.807) is 0 Å². The summed E-state index contributed by atoms with van der Waals surface area (Å²) in [4.78, 5) is 0. The van der Waals surface area contributed by atoms with Gasteiger partial charge in [0.05, 0.1) is 0 Å². The minimum atomic E-state index is 1.03. The highest BCUT2D eigenvalue weighted by Crippen LogP contribution is 2.05. The molecule has 0 aliphatic heterocycles. The van der Waals surface area contributed by atoms with Crippen LogP contribution in [0.25, 0.3) is 0 Å². The molecule has 0 aliphatic carbocycles. The van der Waals surface area contributed by atoms with Crippen LogP contribution in [-0.4, -0.2) is 7.05 Å². The highest BCUT2D eigenvalue weighted by molar-refractivity contribution is 5.03. The Kier molecular flexibility index (Phi) is 12.3. The van der Waals surface area contributed by atoms with E-state index >= 15 is 0 Å². The lowest BCUT2D eigenvalue weighted by Gasteiger charge is -1.99. The molecule has 0 aromatic carbocycles. The predicted molar refractivity (Wildman–Crippen MR) is 79.1 cm³/mol. The molecule has 0 aliphatic rings. The Bertz CT molecular complexity index is 226. The highest BCUT2D eigenvalue weighted by Gasteiger charge is 1.86. The Morgan fingerprint density at radius 1 is 1.00 bits per heavy atom. The zero-order valence-corrected chi connectivity index (χ0v) is 11.7. The molecule has 0 spiro atoms. The van der Waals surface area contributed by atoms with Crippen LogP contribution in [0.1, 0.15) is 58.3 Å². The first-order valence-corrected chi connectivity index (χ1v) is 6.98. The number of nitrogens with one attached hydrogen (secondary N) is 1. The van der Waals surface area contributed by atoms with Gasteiger partial charge in [-0.2, -0.15) is 0 Å². The summed E-state index contributed by atoms with van der Waals surface area (Å²) in [6, 6.07) is 0. The van der Waals surface area contributed by atoms with Gasteiger partial charge in [0.1, 0.15) is 0 Å². The van der Waals surface area contributed by atoms with Gasteiger partial charge < -0.3 is 5.32 Å². The minimum Gasteiger partial charge on any atom is -0.392 e. The standard InChI is InChI=1S/C16H29N/c1-4-5-6-7-8-9-10-11-12-13-14-15-16(2)17-3/h10-13,17H,2,4-9,14-15H2,1,3H3/b11-10+,13-12-. The Morgan fingerprint density at radius 3 is 2.29 bits per heavy atom. The van der Waals surface area contributed by atoms with Crippen molar-refractivity contribution < 1.29 is 0 Å². The van der Waals surface area contributed by atoms with E-state index in [-0.39, 0.29) is 0 Å². The molecule has 0 fully saturated rings. The summed E-state index contributed by atoms with van der Waals surface area (Å²) in [6.45, 7) is 6.15. The van der Waals surface area contributed by atoms with Crippen molar-refractivity contribution in [3.8, 4) is 0 Å². The molecule has 0 aromatic rings. The maximum absolute atomic E-state index is 3.89. The second-order valence-electron chi connectivity index (χ2n) is 4.45. The van der Waals surface area contributed by atoms with Crippen molar-refractivity contribution in [1.82, 2.24) is 5.32 Å². The third-order valence-corrected chi connectivity index (χ3v) is 2.82. The molecular weight excluding hydrogens is 206 g/mol. The van der Waals surface area contributed by atoms with Gasteiger partial charge in [-0.3, -0.25) is 0 Å². The van der Waals surface area contributed by atoms with Crippen LogP contribution in [0.2, 0.25) is 0 Å². The number of allylic oxidation sites excluding steroid dienone is 5. The van der Waals surface area contributed by atoms with Gasteiger partial charge in [-0.25, -0.2) is 0 Å². The molecule has 1 N–H and O–H groups in total. The highest BCUT2D eigenvalue weighted by atomic mass is 14.8. The summed E-state index contributed by atoms with van der Waals surface area (Å²) < 4.78 is 0. The van der Waals surface area contributed by atoms with Gasteiger partial charge in [0, 0.05) is 12.7 Å². The molecule has 98 valence electrons. The fourth-order valence-electron chi connectivity index (χ4n) is 1.60. The smallest absolute Gasteiger partial charge is 0.00341 e. The van der Waals surface area contributed by atoms with Crippen molar-refractivity contribution in [2.75, 3.05) is 7.05 Å². The zero-order chi connectivity index (χ0) is 12.8. The van der Waals surface area contributed by atoms with Crippen molar-refractivity contribution in [2.45, 2.75) is 58.3 Å². The van der Waals surface area contributed by atoms with Crippen LogP contribution in [0.5, 0.6) is 0 Å². The van der Waals surface area contributed by atoms with Crippen molar-refractivity contribution >= 4 is 0 Å². The van der Waals surface area contributed by atoms with E-state index in [0.29, 0.717) is 0 Å². The predicted octanol–water partition coefficient (Wildman–Crippen LogP) is 4.97. The lowest BCUT2D eigenvalue weighted by molar-refractivity contribution is 0.637. The first kappa shape index (κ1) is 16.0. The van der Waals surface area contributed by atoms with Crippen molar-refractivity contribution in [3.05, 3.63) is 36.6 Å². The second kappa shape index (κ2) is 13.1. The fraction of sp³-hybridized carbons (Fsp3) is 0.625. The summed E-state index contributed by atoms with van der Waals surface area (Å²) in [7, 11) is 1.92. The molecule has 0 rings (SSSR count). The largest absolute Gasteiger partial charge is 0.392 e. The van der Waals surface area contributed by atoms with Gasteiger partial charge in [-0.1, -0.05) is 63.5 Å². The number of rotatable bonds is 11. The van der Waals surface area contributed by atoms with E-state index in [1.807, 2.05) is 7.05 Å². The molecule has 0 radical (unpaired) electrons. The number of hydrogen-bond acceptors (Lipinski definition) is 1. The molecule has 1 nitrogen and oxygen atoms in total. The van der Waals surface area contributed by atoms with Crippen LogP contribution < -0.4 is 5.32 Å². The van der Waals surface area contributed by atoms with Gasteiger partial charge in [-0.05, 0) is 25.7 Å². The van der Waals surface area contributed by atoms with Crippen LogP contribution in [0.4, 0.5) is 0 Å². The molecule has 1 heteroatoms. The first-order chi connectivity index (χ1) is 8.31. The van der Waals surface area contributed by atoms with Crippen LogP contribution in [-0.2, 0) is 0 Å². The Morgan fingerprint density at radius 2 is 1.65 bits per heavy atom. The Labute approximate surface area is 108 Å². The van der Waals surface area contributed by atoms with Crippen LogP contribution in [0.3, 0.4) is 0 Å². The summed E-state index contributed by atoms with van der Waals surface area (Å²) in [5, 5.41) is 3.05. The zero-order valence-electron chi connectivity index (χ0n) is 11.7. The van der Waals surface area contributed by atoms with E-state index in [0.717, 1.165) is 18.5 Å². The summed E-state index contributed by atoms with van der Waals surface area (Å²) >= 11 is 0. The molecule has 0 aromatic heterocycles. The molecular formula is C16H29N. The van der Waals surface area contributed by atoms with E-state index in [9.17, 15) is 0 Å². The van der Waals surface area contributed by atoms with E-state index < -0.39 is 0 Å². The van der Waals surface area contributed by atoms with E-state index in [1.165, 1.54) is 38.5 Å². The van der Waals surface area contributed by atoms with Gasteiger partial charge >= 0.3 is 0 Å². The molecule has 17 heavy (non-hydrogen) atoms.